The molecule has 24 heavy (non-hydrogen) atoms. The average molecular weight is 455 g/mol. The molecule has 0 amide bonds. The fraction of sp³-hybridized carbons (Fsp3) is 0.389. The van der Waals surface area contributed by atoms with E-state index in [-0.39, 0.29) is 0 Å². The smallest absolute Gasteiger partial charge is 0.116 e. The normalized spacial score (nSPS) is 16.2. The van der Waals surface area contributed by atoms with Crippen LogP contribution in [0.25, 0.3) is 0 Å². The second-order valence-electron chi connectivity index (χ2n) is 6.00. The Morgan fingerprint density at radius 3 is 2.25 bits per heavy atom. The van der Waals surface area contributed by atoms with Gasteiger partial charge in [0.25, 0.3) is 0 Å². The molecule has 0 spiro atoms. The molecule has 0 atom stereocenters. The Balaban J connectivity index is 0.000000238. The molecule has 0 saturated carbocycles. The van der Waals surface area contributed by atoms with E-state index in [4.69, 9.17) is 0 Å². The highest BCUT2D eigenvalue weighted by molar-refractivity contribution is 9.10. The van der Waals surface area contributed by atoms with E-state index in [1.165, 1.54) is 16.7 Å². The summed E-state index contributed by atoms with van der Waals surface area (Å²) in [5, 5.41) is 16.1. The largest absolute Gasteiger partial charge is 0.508 e. The zero-order valence-electron chi connectivity index (χ0n) is 13.4. The zero-order chi connectivity index (χ0) is 16.9. The van der Waals surface area contributed by atoms with Crippen LogP contribution in [-0.4, -0.2) is 36.3 Å². The molecule has 1 saturated heterocycles. The Labute approximate surface area is 159 Å². The van der Waals surface area contributed by atoms with Gasteiger partial charge in [-0.25, -0.2) is 0 Å². The number of hydrogen-bond donors (Lipinski definition) is 3. The van der Waals surface area contributed by atoms with Crippen molar-refractivity contribution in [3.05, 3.63) is 55.7 Å². The van der Waals surface area contributed by atoms with E-state index in [2.05, 4.69) is 53.5 Å². The van der Waals surface area contributed by atoms with Gasteiger partial charge in [0, 0.05) is 53.4 Å². The Morgan fingerprint density at radius 2 is 1.58 bits per heavy atom. The number of nitrogens with zero attached hydrogens (tertiary/aromatic N) is 1. The van der Waals surface area contributed by atoms with E-state index in [1.54, 1.807) is 6.07 Å². The van der Waals surface area contributed by atoms with E-state index in [1.807, 2.05) is 12.3 Å². The Bertz CT molecular complexity index is 706. The van der Waals surface area contributed by atoms with Gasteiger partial charge in [0.05, 0.1) is 0 Å². The summed E-state index contributed by atoms with van der Waals surface area (Å²) in [6.45, 7) is 4.56. The molecule has 1 fully saturated rings. The summed E-state index contributed by atoms with van der Waals surface area (Å²) >= 11 is 7.00. The zero-order valence-corrected chi connectivity index (χ0v) is 16.6. The van der Waals surface area contributed by atoms with Crippen molar-refractivity contribution in [3.8, 4) is 5.75 Å². The van der Waals surface area contributed by atoms with Crippen LogP contribution in [0, 0.1) is 0 Å². The minimum atomic E-state index is 0.320. The second-order valence-corrected chi connectivity index (χ2v) is 7.77. The standard InChI is InChI=1S/C14H11Br2NO.C4H10N2/c15-10-3-9-2-1-8-4-11(18)5-13(16)12(8)6-14(9)17-7-10;1-2-6-4-3-5-1/h3-5,7,18H,1-2,6H2;5-6H,1-4H2. The molecule has 4 rings (SSSR count). The number of aromatic hydroxyl groups is 1. The molecule has 0 bridgehead atoms. The third-order valence-corrected chi connectivity index (χ3v) is 5.41. The number of hydrogen-bond acceptors (Lipinski definition) is 4. The van der Waals surface area contributed by atoms with Crippen LogP contribution in [0.4, 0.5) is 0 Å². The van der Waals surface area contributed by atoms with Crippen LogP contribution >= 0.6 is 31.9 Å². The molecular formula is C18H21Br2N3O. The van der Waals surface area contributed by atoms with Gasteiger partial charge in [-0.2, -0.15) is 0 Å². The highest BCUT2D eigenvalue weighted by Gasteiger charge is 2.17. The second kappa shape index (κ2) is 8.43. The molecule has 0 radical (unpaired) electrons. The number of phenols is 1. The lowest BCUT2D eigenvalue weighted by atomic mass is 10.0. The van der Waals surface area contributed by atoms with E-state index < -0.39 is 0 Å². The Hall–Kier alpha value is -0.950. The van der Waals surface area contributed by atoms with Crippen molar-refractivity contribution in [1.29, 1.82) is 0 Å². The van der Waals surface area contributed by atoms with Crippen LogP contribution in [0.5, 0.6) is 5.75 Å². The first-order valence-electron chi connectivity index (χ1n) is 8.18. The SMILES string of the molecule is C1CNCCN1.Oc1cc(Br)c2c(c1)CCc1cc(Br)cnc1C2. The molecule has 4 nitrogen and oxygen atoms in total. The molecule has 1 aromatic heterocycles. The van der Waals surface area contributed by atoms with Crippen molar-refractivity contribution in [3.63, 3.8) is 0 Å². The number of aryl methyl sites for hydroxylation is 2. The molecule has 6 heteroatoms. The Kier molecular flexibility index (Phi) is 6.27. The molecular weight excluding hydrogens is 434 g/mol. The van der Waals surface area contributed by atoms with Crippen LogP contribution in [0.1, 0.15) is 22.4 Å². The fourth-order valence-corrected chi connectivity index (χ4v) is 4.03. The minimum Gasteiger partial charge on any atom is -0.508 e. The van der Waals surface area contributed by atoms with Crippen molar-refractivity contribution in [2.45, 2.75) is 19.3 Å². The lowest BCUT2D eigenvalue weighted by molar-refractivity contribution is 0.474. The summed E-state index contributed by atoms with van der Waals surface area (Å²) in [6, 6.07) is 5.76. The van der Waals surface area contributed by atoms with E-state index in [0.29, 0.717) is 5.75 Å². The van der Waals surface area contributed by atoms with Gasteiger partial charge in [-0.05, 0) is 63.7 Å². The molecule has 3 N–H and O–H groups in total. The van der Waals surface area contributed by atoms with Crippen LogP contribution < -0.4 is 10.6 Å². The highest BCUT2D eigenvalue weighted by atomic mass is 79.9. The van der Waals surface area contributed by atoms with Gasteiger partial charge in [-0.15, -0.1) is 0 Å². The maximum Gasteiger partial charge on any atom is 0.116 e. The molecule has 2 aliphatic rings. The van der Waals surface area contributed by atoms with Crippen molar-refractivity contribution >= 4 is 31.9 Å². The third kappa shape index (κ3) is 4.57. The highest BCUT2D eigenvalue weighted by Crippen LogP contribution is 2.32. The number of pyridine rings is 1. The predicted molar refractivity (Wildman–Crippen MR) is 104 cm³/mol. The lowest BCUT2D eigenvalue weighted by Crippen LogP contribution is -2.39. The number of piperazine rings is 1. The first-order chi connectivity index (χ1) is 11.6. The minimum absolute atomic E-state index is 0.320. The number of phenolic OH excluding ortho intramolecular Hbond substituents is 1. The van der Waals surface area contributed by atoms with Gasteiger partial charge in [-0.3, -0.25) is 4.98 Å². The van der Waals surface area contributed by atoms with E-state index in [9.17, 15) is 5.11 Å². The van der Waals surface area contributed by atoms with E-state index >= 15 is 0 Å². The van der Waals surface area contributed by atoms with Crippen molar-refractivity contribution < 1.29 is 5.11 Å². The first kappa shape index (κ1) is 17.9. The predicted octanol–water partition coefficient (Wildman–Crippen LogP) is 3.18. The summed E-state index contributed by atoms with van der Waals surface area (Å²) in [5.74, 6) is 0.320. The molecule has 1 aliphatic carbocycles. The summed E-state index contributed by atoms with van der Waals surface area (Å²) in [7, 11) is 0. The van der Waals surface area contributed by atoms with Crippen LogP contribution in [-0.2, 0) is 19.3 Å². The lowest BCUT2D eigenvalue weighted by Gasteiger charge is -2.11. The monoisotopic (exact) mass is 453 g/mol. The number of benzene rings is 1. The number of rotatable bonds is 0. The van der Waals surface area contributed by atoms with Crippen molar-refractivity contribution in [2.24, 2.45) is 0 Å². The molecule has 2 heterocycles. The van der Waals surface area contributed by atoms with Crippen molar-refractivity contribution in [2.75, 3.05) is 26.2 Å². The van der Waals surface area contributed by atoms with E-state index in [0.717, 1.165) is 60.1 Å². The maximum atomic E-state index is 9.67. The van der Waals surface area contributed by atoms with Crippen LogP contribution in [0.3, 0.4) is 0 Å². The summed E-state index contributed by atoms with van der Waals surface area (Å²) in [5.41, 5.74) is 4.85. The van der Waals surface area contributed by atoms with Crippen molar-refractivity contribution in [1.82, 2.24) is 15.6 Å². The third-order valence-electron chi connectivity index (χ3n) is 4.26. The molecule has 128 valence electrons. The average Bonchev–Trinajstić information content (AvgIpc) is 2.77. The topological polar surface area (TPSA) is 57.2 Å². The summed E-state index contributed by atoms with van der Waals surface area (Å²) in [4.78, 5) is 4.51. The van der Waals surface area contributed by atoms with Gasteiger partial charge in [0.2, 0.25) is 0 Å². The van der Waals surface area contributed by atoms with Gasteiger partial charge < -0.3 is 15.7 Å². The molecule has 1 aliphatic heterocycles. The Morgan fingerprint density at radius 1 is 0.917 bits per heavy atom. The van der Waals surface area contributed by atoms with Gasteiger partial charge in [0.15, 0.2) is 0 Å². The van der Waals surface area contributed by atoms with Gasteiger partial charge >= 0.3 is 0 Å². The summed E-state index contributed by atoms with van der Waals surface area (Å²) in [6.07, 6.45) is 4.56. The quantitative estimate of drug-likeness (QED) is 0.572. The van der Waals surface area contributed by atoms with Crippen LogP contribution in [0.2, 0.25) is 0 Å². The number of fused-ring (bicyclic) bond motifs is 2. The summed E-state index contributed by atoms with van der Waals surface area (Å²) < 4.78 is 1.99. The van der Waals surface area contributed by atoms with Gasteiger partial charge in [0.1, 0.15) is 5.75 Å². The number of aromatic nitrogens is 1. The maximum absolute atomic E-state index is 9.67. The molecule has 0 unspecified atom stereocenters. The number of nitrogens with one attached hydrogen (secondary N) is 2. The number of halogens is 2. The first-order valence-corrected chi connectivity index (χ1v) is 9.77. The van der Waals surface area contributed by atoms with Gasteiger partial charge in [-0.1, -0.05) is 15.9 Å². The fourth-order valence-electron chi connectivity index (χ4n) is 3.02. The molecule has 1 aromatic carbocycles. The van der Waals surface area contributed by atoms with Crippen LogP contribution in [0.15, 0.2) is 33.3 Å². The molecule has 2 aromatic rings.